The molecule has 1 aromatic rings. The van der Waals surface area contributed by atoms with Gasteiger partial charge in [0.25, 0.3) is 0 Å². The Balaban J connectivity index is 2.12. The third kappa shape index (κ3) is 4.24. The third-order valence-electron chi connectivity index (χ3n) is 4.88. The van der Waals surface area contributed by atoms with Crippen LogP contribution in [0.15, 0.2) is 24.3 Å². The van der Waals surface area contributed by atoms with Gasteiger partial charge in [0.15, 0.2) is 0 Å². The Morgan fingerprint density at radius 1 is 1.22 bits per heavy atom. The van der Waals surface area contributed by atoms with Crippen LogP contribution in [0.1, 0.15) is 50.2 Å². The van der Waals surface area contributed by atoms with Gasteiger partial charge in [-0.2, -0.15) is 0 Å². The van der Waals surface area contributed by atoms with Crippen molar-refractivity contribution in [2.45, 2.75) is 57.4 Å². The van der Waals surface area contributed by atoms with Crippen LogP contribution < -0.4 is 16.4 Å². The molecule has 1 atom stereocenters. The molecule has 126 valence electrons. The van der Waals surface area contributed by atoms with Gasteiger partial charge in [-0.05, 0) is 37.8 Å². The van der Waals surface area contributed by atoms with Gasteiger partial charge >= 0.3 is 6.03 Å². The second-order valence-corrected chi connectivity index (χ2v) is 6.60. The lowest BCUT2D eigenvalue weighted by atomic mass is 9.68. The molecule has 5 heteroatoms. The minimum atomic E-state index is -0.682. The molecule has 1 aromatic carbocycles. The van der Waals surface area contributed by atoms with Crippen molar-refractivity contribution in [1.29, 1.82) is 0 Å². The van der Waals surface area contributed by atoms with E-state index in [1.54, 1.807) is 6.92 Å². The first-order valence-corrected chi connectivity index (χ1v) is 8.34. The van der Waals surface area contributed by atoms with Crippen LogP contribution in [0.3, 0.4) is 0 Å². The fourth-order valence-electron chi connectivity index (χ4n) is 3.63. The van der Waals surface area contributed by atoms with Crippen LogP contribution >= 0.6 is 0 Å². The lowest BCUT2D eigenvalue weighted by Crippen LogP contribution is -2.50. The van der Waals surface area contributed by atoms with Crippen LogP contribution in [0.4, 0.5) is 4.79 Å². The molecule has 1 aliphatic rings. The van der Waals surface area contributed by atoms with E-state index in [1.165, 1.54) is 30.4 Å². The van der Waals surface area contributed by atoms with Crippen molar-refractivity contribution < 1.29 is 9.59 Å². The van der Waals surface area contributed by atoms with E-state index in [2.05, 4.69) is 35.8 Å². The van der Waals surface area contributed by atoms with Gasteiger partial charge in [0.05, 0.1) is 0 Å². The molecule has 1 unspecified atom stereocenters. The number of aryl methyl sites for hydroxylation is 1. The number of nitrogens with two attached hydrogens (primary N) is 1. The van der Waals surface area contributed by atoms with E-state index in [4.69, 9.17) is 5.73 Å². The van der Waals surface area contributed by atoms with E-state index in [1.807, 2.05) is 6.07 Å². The number of carbonyl (C=O) groups excluding carboxylic acids is 2. The molecule has 0 aliphatic heterocycles. The van der Waals surface area contributed by atoms with Crippen molar-refractivity contribution in [2.75, 3.05) is 6.54 Å². The maximum Gasteiger partial charge on any atom is 0.312 e. The van der Waals surface area contributed by atoms with E-state index in [-0.39, 0.29) is 11.3 Å². The Morgan fingerprint density at radius 2 is 1.87 bits per heavy atom. The fourth-order valence-corrected chi connectivity index (χ4v) is 3.63. The van der Waals surface area contributed by atoms with E-state index in [0.29, 0.717) is 6.54 Å². The van der Waals surface area contributed by atoms with Gasteiger partial charge in [-0.15, -0.1) is 0 Å². The first-order valence-electron chi connectivity index (χ1n) is 8.34. The summed E-state index contributed by atoms with van der Waals surface area (Å²) in [4.78, 5) is 23.1. The quantitative estimate of drug-likeness (QED) is 0.779. The van der Waals surface area contributed by atoms with Crippen molar-refractivity contribution in [3.63, 3.8) is 0 Å². The van der Waals surface area contributed by atoms with Gasteiger partial charge < -0.3 is 16.4 Å². The Kier molecular flexibility index (Phi) is 5.64. The standard InChI is InChI=1S/C18H27N3O2/c1-13-8-4-5-9-15(13)18(10-6-3-7-11-18)12-20-16(22)14(2)21-17(19)23/h4-5,8-9,14H,3,6-7,10-12H2,1-2H3,(H,20,22)(H3,19,21,23). The molecule has 0 aromatic heterocycles. The van der Waals surface area contributed by atoms with Crippen molar-refractivity contribution in [2.24, 2.45) is 5.73 Å². The third-order valence-corrected chi connectivity index (χ3v) is 4.88. The molecule has 0 saturated heterocycles. The second-order valence-electron chi connectivity index (χ2n) is 6.60. The summed E-state index contributed by atoms with van der Waals surface area (Å²) < 4.78 is 0. The lowest BCUT2D eigenvalue weighted by Gasteiger charge is -2.39. The number of primary amides is 1. The Labute approximate surface area is 138 Å². The smallest absolute Gasteiger partial charge is 0.312 e. The Hall–Kier alpha value is -2.04. The molecule has 0 radical (unpaired) electrons. The van der Waals surface area contributed by atoms with E-state index >= 15 is 0 Å². The average molecular weight is 317 g/mol. The number of carbonyl (C=O) groups is 2. The van der Waals surface area contributed by atoms with Crippen LogP contribution in [-0.2, 0) is 10.2 Å². The monoisotopic (exact) mass is 317 g/mol. The summed E-state index contributed by atoms with van der Waals surface area (Å²) in [7, 11) is 0. The maximum absolute atomic E-state index is 12.2. The first kappa shape index (κ1) is 17.3. The zero-order valence-corrected chi connectivity index (χ0v) is 14.0. The Morgan fingerprint density at radius 3 is 2.48 bits per heavy atom. The van der Waals surface area contributed by atoms with Gasteiger partial charge in [-0.25, -0.2) is 4.79 Å². The van der Waals surface area contributed by atoms with Gasteiger partial charge in [-0.1, -0.05) is 43.5 Å². The van der Waals surface area contributed by atoms with E-state index in [0.717, 1.165) is 12.8 Å². The molecule has 1 saturated carbocycles. The molecule has 0 heterocycles. The van der Waals surface area contributed by atoms with Crippen LogP contribution in [0.2, 0.25) is 0 Å². The summed E-state index contributed by atoms with van der Waals surface area (Å²) in [6, 6.07) is 7.12. The SMILES string of the molecule is Cc1ccccc1C1(CNC(=O)C(C)NC(N)=O)CCCCC1. The van der Waals surface area contributed by atoms with Crippen molar-refractivity contribution in [3.8, 4) is 0 Å². The summed E-state index contributed by atoms with van der Waals surface area (Å²) in [6.45, 7) is 4.37. The van der Waals surface area contributed by atoms with Crippen LogP contribution in [0, 0.1) is 6.92 Å². The number of urea groups is 1. The highest BCUT2D eigenvalue weighted by atomic mass is 16.2. The molecule has 5 nitrogen and oxygen atoms in total. The first-order chi connectivity index (χ1) is 10.9. The maximum atomic E-state index is 12.2. The van der Waals surface area contributed by atoms with Crippen LogP contribution in [0.25, 0.3) is 0 Å². The predicted octanol–water partition coefficient (Wildman–Crippen LogP) is 2.37. The second kappa shape index (κ2) is 7.49. The van der Waals surface area contributed by atoms with Crippen LogP contribution in [0.5, 0.6) is 0 Å². The molecular formula is C18H27N3O2. The summed E-state index contributed by atoms with van der Waals surface area (Å²) in [5, 5.41) is 5.44. The topological polar surface area (TPSA) is 84.2 Å². The van der Waals surface area contributed by atoms with Gasteiger partial charge in [-0.3, -0.25) is 4.79 Å². The highest BCUT2D eigenvalue weighted by molar-refractivity contribution is 5.86. The minimum absolute atomic E-state index is 0.00824. The number of hydrogen-bond donors (Lipinski definition) is 3. The molecule has 0 spiro atoms. The van der Waals surface area contributed by atoms with Crippen molar-refractivity contribution >= 4 is 11.9 Å². The normalized spacial score (nSPS) is 18.0. The van der Waals surface area contributed by atoms with Gasteiger partial charge in [0, 0.05) is 12.0 Å². The Bertz CT molecular complexity index is 565. The number of rotatable bonds is 5. The fraction of sp³-hybridized carbons (Fsp3) is 0.556. The summed E-state index contributed by atoms with van der Waals surface area (Å²) in [5.74, 6) is -0.192. The summed E-state index contributed by atoms with van der Waals surface area (Å²) in [5.41, 5.74) is 7.67. The molecule has 4 N–H and O–H groups in total. The number of amides is 3. The molecule has 3 amide bonds. The molecule has 1 aliphatic carbocycles. The largest absolute Gasteiger partial charge is 0.353 e. The predicted molar refractivity (Wildman–Crippen MR) is 91.1 cm³/mol. The van der Waals surface area contributed by atoms with Gasteiger partial charge in [0.2, 0.25) is 5.91 Å². The molecular weight excluding hydrogens is 290 g/mol. The highest BCUT2D eigenvalue weighted by Gasteiger charge is 2.35. The molecule has 1 fully saturated rings. The summed E-state index contributed by atoms with van der Waals surface area (Å²) >= 11 is 0. The number of hydrogen-bond acceptors (Lipinski definition) is 2. The zero-order valence-electron chi connectivity index (χ0n) is 14.0. The van der Waals surface area contributed by atoms with Crippen molar-refractivity contribution in [3.05, 3.63) is 35.4 Å². The van der Waals surface area contributed by atoms with Gasteiger partial charge in [0.1, 0.15) is 6.04 Å². The average Bonchev–Trinajstić information content (AvgIpc) is 2.53. The summed E-state index contributed by atoms with van der Waals surface area (Å²) in [6.07, 6.45) is 5.77. The number of benzene rings is 1. The van der Waals surface area contributed by atoms with E-state index in [9.17, 15) is 9.59 Å². The zero-order chi connectivity index (χ0) is 16.9. The van der Waals surface area contributed by atoms with E-state index < -0.39 is 12.1 Å². The number of nitrogens with one attached hydrogen (secondary N) is 2. The molecule has 23 heavy (non-hydrogen) atoms. The molecule has 2 rings (SSSR count). The lowest BCUT2D eigenvalue weighted by molar-refractivity contribution is -0.122. The van der Waals surface area contributed by atoms with Crippen molar-refractivity contribution in [1.82, 2.24) is 10.6 Å². The highest BCUT2D eigenvalue weighted by Crippen LogP contribution is 2.40. The molecule has 0 bridgehead atoms. The minimum Gasteiger partial charge on any atom is -0.353 e. The van der Waals surface area contributed by atoms with Crippen LogP contribution in [-0.4, -0.2) is 24.5 Å².